The first-order valence-electron chi connectivity index (χ1n) is 3.75. The van der Waals surface area contributed by atoms with Gasteiger partial charge in [-0.2, -0.15) is 5.10 Å². The number of aromatic nitrogens is 2. The van der Waals surface area contributed by atoms with Crippen LogP contribution in [0.25, 0.3) is 0 Å². The van der Waals surface area contributed by atoms with Gasteiger partial charge in [0.15, 0.2) is 0 Å². The van der Waals surface area contributed by atoms with E-state index in [0.717, 1.165) is 10.2 Å². The SMILES string of the molecule is Cc1nn(C(C)(C)C)c(Cl)c1Br. The first-order valence-corrected chi connectivity index (χ1v) is 4.92. The lowest BCUT2D eigenvalue weighted by molar-refractivity contribution is 0.354. The highest BCUT2D eigenvalue weighted by atomic mass is 79.9. The largest absolute Gasteiger partial charge is 0.247 e. The van der Waals surface area contributed by atoms with Gasteiger partial charge in [0, 0.05) is 0 Å². The average molecular weight is 252 g/mol. The molecule has 1 heterocycles. The highest BCUT2D eigenvalue weighted by molar-refractivity contribution is 9.10. The molecule has 0 unspecified atom stereocenters. The van der Waals surface area contributed by atoms with Gasteiger partial charge in [-0.3, -0.25) is 0 Å². The monoisotopic (exact) mass is 250 g/mol. The van der Waals surface area contributed by atoms with Crippen molar-refractivity contribution in [3.8, 4) is 0 Å². The zero-order valence-electron chi connectivity index (χ0n) is 7.65. The molecule has 0 fully saturated rings. The van der Waals surface area contributed by atoms with Crippen molar-refractivity contribution in [1.82, 2.24) is 9.78 Å². The summed E-state index contributed by atoms with van der Waals surface area (Å²) in [5, 5.41) is 4.99. The van der Waals surface area contributed by atoms with Crippen molar-refractivity contribution in [1.29, 1.82) is 0 Å². The van der Waals surface area contributed by atoms with Gasteiger partial charge < -0.3 is 0 Å². The molecule has 68 valence electrons. The molecular formula is C8H12BrClN2. The summed E-state index contributed by atoms with van der Waals surface area (Å²) in [6.45, 7) is 8.13. The van der Waals surface area contributed by atoms with Gasteiger partial charge in [0.05, 0.1) is 15.7 Å². The third kappa shape index (κ3) is 1.67. The van der Waals surface area contributed by atoms with Crippen LogP contribution in [0.1, 0.15) is 26.5 Å². The van der Waals surface area contributed by atoms with Gasteiger partial charge in [0.1, 0.15) is 5.15 Å². The summed E-state index contributed by atoms with van der Waals surface area (Å²) in [4.78, 5) is 0. The predicted octanol–water partition coefficient (Wildman–Crippen LogP) is 3.36. The number of hydrogen-bond donors (Lipinski definition) is 0. The molecule has 1 aromatic rings. The van der Waals surface area contributed by atoms with Gasteiger partial charge in [0.25, 0.3) is 0 Å². The summed E-state index contributed by atoms with van der Waals surface area (Å²) in [5.41, 5.74) is 0.864. The fraction of sp³-hybridized carbons (Fsp3) is 0.625. The number of halogens is 2. The van der Waals surface area contributed by atoms with Gasteiger partial charge in [0.2, 0.25) is 0 Å². The van der Waals surface area contributed by atoms with Crippen LogP contribution in [0.2, 0.25) is 5.15 Å². The normalized spacial score (nSPS) is 12.2. The van der Waals surface area contributed by atoms with Crippen molar-refractivity contribution in [2.24, 2.45) is 0 Å². The zero-order chi connectivity index (χ0) is 9.52. The molecule has 0 N–H and O–H groups in total. The van der Waals surface area contributed by atoms with Gasteiger partial charge in [-0.15, -0.1) is 0 Å². The third-order valence-corrected chi connectivity index (χ3v) is 3.10. The van der Waals surface area contributed by atoms with Crippen LogP contribution in [0.5, 0.6) is 0 Å². The Morgan fingerprint density at radius 3 is 2.08 bits per heavy atom. The fourth-order valence-electron chi connectivity index (χ4n) is 0.925. The Bertz CT molecular complexity index is 299. The Labute approximate surface area is 86.0 Å². The molecule has 0 saturated carbocycles. The molecule has 4 heteroatoms. The summed E-state index contributed by atoms with van der Waals surface area (Å²) in [6.07, 6.45) is 0. The van der Waals surface area contributed by atoms with Crippen LogP contribution in [0.15, 0.2) is 4.47 Å². The number of nitrogens with zero attached hydrogens (tertiary/aromatic N) is 2. The first kappa shape index (κ1) is 10.1. The molecule has 1 rings (SSSR count). The van der Waals surface area contributed by atoms with E-state index in [2.05, 4.69) is 41.8 Å². The lowest BCUT2D eigenvalue weighted by Gasteiger charge is -2.20. The maximum Gasteiger partial charge on any atom is 0.142 e. The first-order chi connectivity index (χ1) is 5.34. The second-order valence-corrected chi connectivity index (χ2v) is 4.92. The maximum absolute atomic E-state index is 6.05. The maximum atomic E-state index is 6.05. The third-order valence-electron chi connectivity index (χ3n) is 1.57. The number of rotatable bonds is 0. The summed E-state index contributed by atoms with van der Waals surface area (Å²) in [7, 11) is 0. The molecule has 0 bridgehead atoms. The van der Waals surface area contributed by atoms with Crippen molar-refractivity contribution in [2.75, 3.05) is 0 Å². The Kier molecular flexibility index (Phi) is 2.55. The number of hydrogen-bond acceptors (Lipinski definition) is 1. The molecule has 2 nitrogen and oxygen atoms in total. The van der Waals surface area contributed by atoms with Crippen LogP contribution in [0, 0.1) is 6.92 Å². The summed E-state index contributed by atoms with van der Waals surface area (Å²) in [5.74, 6) is 0. The minimum atomic E-state index is -0.0616. The Balaban J connectivity index is 3.28. The minimum absolute atomic E-state index is 0.0616. The Morgan fingerprint density at radius 1 is 1.42 bits per heavy atom. The Hall–Kier alpha value is -0.0200. The standard InChI is InChI=1S/C8H12BrClN2/c1-5-6(9)7(10)12(11-5)8(2,3)4/h1-4H3. The topological polar surface area (TPSA) is 17.8 Å². The summed E-state index contributed by atoms with van der Waals surface area (Å²) < 4.78 is 2.70. The number of aryl methyl sites for hydroxylation is 1. The van der Waals surface area contributed by atoms with Crippen molar-refractivity contribution >= 4 is 27.5 Å². The highest BCUT2D eigenvalue weighted by Crippen LogP contribution is 2.29. The molecule has 0 radical (unpaired) electrons. The van der Waals surface area contributed by atoms with Gasteiger partial charge in [-0.05, 0) is 43.6 Å². The smallest absolute Gasteiger partial charge is 0.142 e. The summed E-state index contributed by atoms with van der Waals surface area (Å²) >= 11 is 9.43. The van der Waals surface area contributed by atoms with Crippen molar-refractivity contribution in [3.63, 3.8) is 0 Å². The molecule has 1 aromatic heterocycles. The molecule has 12 heavy (non-hydrogen) atoms. The van der Waals surface area contributed by atoms with E-state index in [9.17, 15) is 0 Å². The van der Waals surface area contributed by atoms with Crippen LogP contribution in [0.4, 0.5) is 0 Å². The van der Waals surface area contributed by atoms with E-state index in [1.165, 1.54) is 0 Å². The fourth-order valence-corrected chi connectivity index (χ4v) is 1.60. The van der Waals surface area contributed by atoms with Crippen LogP contribution in [0.3, 0.4) is 0 Å². The van der Waals surface area contributed by atoms with Gasteiger partial charge in [-0.25, -0.2) is 4.68 Å². The molecule has 0 spiro atoms. The van der Waals surface area contributed by atoms with E-state index >= 15 is 0 Å². The second kappa shape index (κ2) is 3.04. The molecular weight excluding hydrogens is 239 g/mol. The quantitative estimate of drug-likeness (QED) is 0.691. The lowest BCUT2D eigenvalue weighted by atomic mass is 10.1. The average Bonchev–Trinajstić information content (AvgIpc) is 2.15. The van der Waals surface area contributed by atoms with Crippen LogP contribution in [-0.4, -0.2) is 9.78 Å². The molecule has 0 aliphatic carbocycles. The van der Waals surface area contributed by atoms with Crippen molar-refractivity contribution in [2.45, 2.75) is 33.2 Å². The van der Waals surface area contributed by atoms with Crippen molar-refractivity contribution in [3.05, 3.63) is 15.3 Å². The van der Waals surface area contributed by atoms with Gasteiger partial charge in [-0.1, -0.05) is 11.6 Å². The van der Waals surface area contributed by atoms with Crippen molar-refractivity contribution < 1.29 is 0 Å². The summed E-state index contributed by atoms with van der Waals surface area (Å²) in [6, 6.07) is 0. The lowest BCUT2D eigenvalue weighted by Crippen LogP contribution is -2.23. The van der Waals surface area contributed by atoms with E-state index in [-0.39, 0.29) is 5.54 Å². The van der Waals surface area contributed by atoms with Crippen LogP contribution < -0.4 is 0 Å². The predicted molar refractivity (Wildman–Crippen MR) is 54.7 cm³/mol. The van der Waals surface area contributed by atoms with Crippen LogP contribution in [-0.2, 0) is 5.54 Å². The molecule has 0 amide bonds. The highest BCUT2D eigenvalue weighted by Gasteiger charge is 2.20. The van der Waals surface area contributed by atoms with E-state index in [1.54, 1.807) is 0 Å². The Morgan fingerprint density at radius 2 is 1.92 bits per heavy atom. The van der Waals surface area contributed by atoms with Crippen LogP contribution >= 0.6 is 27.5 Å². The molecule has 0 aliphatic heterocycles. The molecule has 0 saturated heterocycles. The van der Waals surface area contributed by atoms with E-state index in [0.29, 0.717) is 5.15 Å². The second-order valence-electron chi connectivity index (χ2n) is 3.77. The van der Waals surface area contributed by atoms with E-state index in [4.69, 9.17) is 11.6 Å². The zero-order valence-corrected chi connectivity index (χ0v) is 9.99. The molecule has 0 atom stereocenters. The molecule has 0 aromatic carbocycles. The van der Waals surface area contributed by atoms with E-state index in [1.807, 2.05) is 11.6 Å². The van der Waals surface area contributed by atoms with E-state index < -0.39 is 0 Å². The molecule has 0 aliphatic rings. The van der Waals surface area contributed by atoms with Gasteiger partial charge >= 0.3 is 0 Å². The minimum Gasteiger partial charge on any atom is -0.247 e.